The summed E-state index contributed by atoms with van der Waals surface area (Å²) in [5, 5.41) is 8.97. The second kappa shape index (κ2) is 10.1. The van der Waals surface area contributed by atoms with Crippen molar-refractivity contribution in [1.82, 2.24) is 0 Å². The predicted octanol–water partition coefficient (Wildman–Crippen LogP) is 4.36. The van der Waals surface area contributed by atoms with Crippen molar-refractivity contribution in [1.29, 1.82) is 0 Å². The van der Waals surface area contributed by atoms with Crippen LogP contribution in [0.5, 0.6) is 0 Å². The van der Waals surface area contributed by atoms with Crippen molar-refractivity contribution in [2.45, 2.75) is 51.9 Å². The van der Waals surface area contributed by atoms with Gasteiger partial charge in [0.15, 0.2) is 0 Å². The average Bonchev–Trinajstić information content (AvgIpc) is 2.56. The van der Waals surface area contributed by atoms with E-state index in [0.29, 0.717) is 19.4 Å². The summed E-state index contributed by atoms with van der Waals surface area (Å²) >= 11 is 0. The van der Waals surface area contributed by atoms with E-state index in [1.54, 1.807) is 6.08 Å². The van der Waals surface area contributed by atoms with E-state index in [-0.39, 0.29) is 12.7 Å². The monoisotopic (exact) mass is 332 g/mol. The number of carboxylic acid groups (broad SMARTS) is 1. The molecule has 0 saturated heterocycles. The van der Waals surface area contributed by atoms with E-state index in [9.17, 15) is 4.79 Å². The van der Waals surface area contributed by atoms with E-state index in [1.165, 1.54) is 0 Å². The number of benzene rings is 1. The second-order valence-corrected chi connectivity index (χ2v) is 6.29. The number of hydrogen-bond donors (Lipinski definition) is 1. The van der Waals surface area contributed by atoms with Crippen LogP contribution in [0.15, 0.2) is 54.6 Å². The SMILES string of the molecule is C=CC[C@@H](OCc1ccccc1)[C@](C)(CC=C(C)C)OCC(=O)O. The van der Waals surface area contributed by atoms with Gasteiger partial charge in [-0.25, -0.2) is 4.79 Å². The van der Waals surface area contributed by atoms with E-state index < -0.39 is 11.6 Å². The number of aliphatic carboxylic acids is 1. The van der Waals surface area contributed by atoms with Crippen LogP contribution in [-0.2, 0) is 20.9 Å². The maximum absolute atomic E-state index is 10.9. The highest BCUT2D eigenvalue weighted by Gasteiger charge is 2.35. The van der Waals surface area contributed by atoms with E-state index in [4.69, 9.17) is 14.6 Å². The predicted molar refractivity (Wildman–Crippen MR) is 95.9 cm³/mol. The molecule has 0 amide bonds. The van der Waals surface area contributed by atoms with Crippen molar-refractivity contribution >= 4 is 5.97 Å². The van der Waals surface area contributed by atoms with Crippen LogP contribution in [0.4, 0.5) is 0 Å². The van der Waals surface area contributed by atoms with Gasteiger partial charge in [0.25, 0.3) is 0 Å². The zero-order valence-corrected chi connectivity index (χ0v) is 14.8. The first kappa shape index (κ1) is 20.1. The van der Waals surface area contributed by atoms with Crippen molar-refractivity contribution in [3.63, 3.8) is 0 Å². The lowest BCUT2D eigenvalue weighted by Gasteiger charge is -2.36. The molecule has 0 aliphatic carbocycles. The fraction of sp³-hybridized carbons (Fsp3) is 0.450. The number of allylic oxidation sites excluding steroid dienone is 1. The summed E-state index contributed by atoms with van der Waals surface area (Å²) < 4.78 is 11.8. The largest absolute Gasteiger partial charge is 0.480 e. The molecule has 0 bridgehead atoms. The highest BCUT2D eigenvalue weighted by Crippen LogP contribution is 2.28. The molecular formula is C20H28O4. The number of carboxylic acids is 1. The van der Waals surface area contributed by atoms with Crippen molar-refractivity contribution in [2.75, 3.05) is 6.61 Å². The summed E-state index contributed by atoms with van der Waals surface area (Å²) in [7, 11) is 0. The summed E-state index contributed by atoms with van der Waals surface area (Å²) in [4.78, 5) is 10.9. The fourth-order valence-corrected chi connectivity index (χ4v) is 2.33. The van der Waals surface area contributed by atoms with Crippen molar-refractivity contribution in [2.24, 2.45) is 0 Å². The smallest absolute Gasteiger partial charge is 0.329 e. The molecular weight excluding hydrogens is 304 g/mol. The third-order valence-corrected chi connectivity index (χ3v) is 3.80. The van der Waals surface area contributed by atoms with Gasteiger partial charge >= 0.3 is 5.97 Å². The summed E-state index contributed by atoms with van der Waals surface area (Å²) in [5.74, 6) is -0.987. The molecule has 1 N–H and O–H groups in total. The lowest BCUT2D eigenvalue weighted by atomic mass is 9.91. The van der Waals surface area contributed by atoms with Gasteiger partial charge in [-0.15, -0.1) is 6.58 Å². The van der Waals surface area contributed by atoms with Gasteiger partial charge in [0.1, 0.15) is 6.61 Å². The second-order valence-electron chi connectivity index (χ2n) is 6.29. The number of rotatable bonds is 11. The Labute approximate surface area is 144 Å². The first-order chi connectivity index (χ1) is 11.4. The van der Waals surface area contributed by atoms with Crippen LogP contribution < -0.4 is 0 Å². The molecule has 0 heterocycles. The summed E-state index contributed by atoms with van der Waals surface area (Å²) in [5.41, 5.74) is 1.48. The van der Waals surface area contributed by atoms with Crippen LogP contribution in [0.2, 0.25) is 0 Å². The molecule has 4 nitrogen and oxygen atoms in total. The lowest BCUT2D eigenvalue weighted by molar-refractivity contribution is -0.165. The quantitative estimate of drug-likeness (QED) is 0.612. The Morgan fingerprint density at radius 3 is 2.54 bits per heavy atom. The van der Waals surface area contributed by atoms with Crippen LogP contribution in [0.3, 0.4) is 0 Å². The van der Waals surface area contributed by atoms with Crippen molar-refractivity contribution < 1.29 is 19.4 Å². The molecule has 4 heteroatoms. The minimum atomic E-state index is -0.987. The molecule has 0 aromatic heterocycles. The van der Waals surface area contributed by atoms with Gasteiger partial charge in [0, 0.05) is 0 Å². The minimum absolute atomic E-state index is 0.287. The molecule has 1 aromatic carbocycles. The lowest BCUT2D eigenvalue weighted by Crippen LogP contribution is -2.44. The van der Waals surface area contributed by atoms with Gasteiger partial charge < -0.3 is 14.6 Å². The Morgan fingerprint density at radius 2 is 2.00 bits per heavy atom. The van der Waals surface area contributed by atoms with Gasteiger partial charge in [-0.2, -0.15) is 0 Å². The Bertz CT molecular complexity index is 546. The topological polar surface area (TPSA) is 55.8 Å². The molecule has 0 spiro atoms. The summed E-state index contributed by atoms with van der Waals surface area (Å²) in [6, 6.07) is 9.88. The standard InChI is InChI=1S/C20H28O4/c1-5-9-18(23-14-17-10-7-6-8-11-17)20(4,13-12-16(2)3)24-15-19(21)22/h5-8,10-12,18H,1,9,13-15H2,2-4H3,(H,21,22)/t18-,20+/m1/s1. The van der Waals surface area contributed by atoms with Crippen molar-refractivity contribution in [3.05, 3.63) is 60.2 Å². The highest BCUT2D eigenvalue weighted by atomic mass is 16.6. The Kier molecular flexibility index (Phi) is 8.44. The summed E-state index contributed by atoms with van der Waals surface area (Å²) in [6.07, 6.45) is 4.70. The van der Waals surface area contributed by atoms with Gasteiger partial charge in [0.05, 0.1) is 18.3 Å². The molecule has 0 aliphatic rings. The van der Waals surface area contributed by atoms with Gasteiger partial charge in [0.2, 0.25) is 0 Å². The minimum Gasteiger partial charge on any atom is -0.480 e. The molecule has 132 valence electrons. The van der Waals surface area contributed by atoms with Crippen molar-refractivity contribution in [3.8, 4) is 0 Å². The molecule has 1 aromatic rings. The van der Waals surface area contributed by atoms with Crippen LogP contribution in [0.1, 0.15) is 39.2 Å². The first-order valence-corrected chi connectivity index (χ1v) is 8.13. The Morgan fingerprint density at radius 1 is 1.33 bits per heavy atom. The normalized spacial score (nSPS) is 14.5. The number of ether oxygens (including phenoxy) is 2. The molecule has 1 rings (SSSR count). The van der Waals surface area contributed by atoms with E-state index in [0.717, 1.165) is 11.1 Å². The molecule has 0 aliphatic heterocycles. The van der Waals surface area contributed by atoms with E-state index >= 15 is 0 Å². The zero-order chi connectivity index (χ0) is 18.0. The van der Waals surface area contributed by atoms with Gasteiger partial charge in [-0.1, -0.05) is 48.1 Å². The number of hydrogen-bond acceptors (Lipinski definition) is 3. The maximum atomic E-state index is 10.9. The molecule has 0 fully saturated rings. The molecule has 0 unspecified atom stereocenters. The van der Waals surface area contributed by atoms with E-state index in [2.05, 4.69) is 6.58 Å². The van der Waals surface area contributed by atoms with E-state index in [1.807, 2.05) is 57.2 Å². The maximum Gasteiger partial charge on any atom is 0.329 e. The Hall–Kier alpha value is -1.91. The molecule has 2 atom stereocenters. The van der Waals surface area contributed by atoms with Crippen LogP contribution >= 0.6 is 0 Å². The third-order valence-electron chi connectivity index (χ3n) is 3.80. The summed E-state index contributed by atoms with van der Waals surface area (Å²) in [6.45, 7) is 9.79. The van der Waals surface area contributed by atoms with Crippen LogP contribution in [0.25, 0.3) is 0 Å². The Balaban J connectivity index is 2.90. The van der Waals surface area contributed by atoms with Gasteiger partial charge in [-0.3, -0.25) is 0 Å². The third kappa shape index (κ3) is 7.11. The van der Waals surface area contributed by atoms with Crippen LogP contribution in [-0.4, -0.2) is 29.4 Å². The fourth-order valence-electron chi connectivity index (χ4n) is 2.33. The molecule has 0 saturated carbocycles. The van der Waals surface area contributed by atoms with Crippen LogP contribution in [0, 0.1) is 0 Å². The molecule has 0 radical (unpaired) electrons. The highest BCUT2D eigenvalue weighted by molar-refractivity contribution is 5.68. The number of carbonyl (C=O) groups is 1. The zero-order valence-electron chi connectivity index (χ0n) is 14.8. The molecule has 24 heavy (non-hydrogen) atoms. The first-order valence-electron chi connectivity index (χ1n) is 8.13. The van der Waals surface area contributed by atoms with Gasteiger partial charge in [-0.05, 0) is 39.2 Å². The average molecular weight is 332 g/mol.